The maximum Gasteiger partial charge on any atom is 0.471 e. The van der Waals surface area contributed by atoms with Crippen molar-refractivity contribution in [2.75, 3.05) is 11.9 Å². The molecule has 13 heteroatoms. The van der Waals surface area contributed by atoms with Crippen LogP contribution in [0.15, 0.2) is 18.2 Å². The molecule has 1 saturated heterocycles. The van der Waals surface area contributed by atoms with Crippen molar-refractivity contribution in [2.45, 2.75) is 76.3 Å². The van der Waals surface area contributed by atoms with Crippen molar-refractivity contribution in [3.05, 3.63) is 29.6 Å². The molecule has 4 atom stereocenters. The second-order valence-electron chi connectivity index (χ2n) is 11.5. The summed E-state index contributed by atoms with van der Waals surface area (Å²) in [4.78, 5) is 52.7. The van der Waals surface area contributed by atoms with E-state index in [4.69, 9.17) is 5.73 Å². The lowest BCUT2D eigenvalue weighted by molar-refractivity contribution is -0.175. The van der Waals surface area contributed by atoms with Gasteiger partial charge in [0.15, 0.2) is 0 Å². The average Bonchev–Trinajstić information content (AvgIpc) is 3.49. The number of nitrogens with zero attached hydrogens (tertiary/aromatic N) is 1. The lowest BCUT2D eigenvalue weighted by Crippen LogP contribution is -2.60. The van der Waals surface area contributed by atoms with Crippen LogP contribution in [0.1, 0.15) is 52.0 Å². The number of rotatable bonds is 6. The normalized spacial score (nSPS) is 24.6. The first-order valence-electron chi connectivity index (χ1n) is 12.4. The zero-order valence-corrected chi connectivity index (χ0v) is 21.2. The minimum Gasteiger partial charge on any atom is -0.342 e. The van der Waals surface area contributed by atoms with Crippen LogP contribution in [0.25, 0.3) is 0 Å². The van der Waals surface area contributed by atoms with Gasteiger partial charge in [-0.05, 0) is 41.5 Å². The van der Waals surface area contributed by atoms with Gasteiger partial charge in [0.1, 0.15) is 17.9 Å². The first kappa shape index (κ1) is 27.8. The van der Waals surface area contributed by atoms with Crippen LogP contribution in [0.4, 0.5) is 23.2 Å². The number of carbonyl (C=O) groups excluding carboxylic acids is 4. The number of hydrogen-bond acceptors (Lipinski definition) is 5. The van der Waals surface area contributed by atoms with Gasteiger partial charge in [0.25, 0.3) is 0 Å². The van der Waals surface area contributed by atoms with E-state index in [1.807, 2.05) is 0 Å². The third-order valence-corrected chi connectivity index (χ3v) is 7.40. The van der Waals surface area contributed by atoms with Gasteiger partial charge in [0.2, 0.25) is 17.7 Å². The summed E-state index contributed by atoms with van der Waals surface area (Å²) in [5.74, 6) is -4.65. The third kappa shape index (κ3) is 5.33. The van der Waals surface area contributed by atoms with E-state index in [2.05, 4.69) is 10.6 Å². The fourth-order valence-corrected chi connectivity index (χ4v) is 5.18. The summed E-state index contributed by atoms with van der Waals surface area (Å²) in [7, 11) is 0. The summed E-state index contributed by atoms with van der Waals surface area (Å²) in [5, 5.41) is 6.98. The number of likely N-dealkylation sites (tertiary alicyclic amines) is 1. The monoisotopic (exact) mass is 541 g/mol. The molecule has 0 aromatic heterocycles. The number of anilines is 1. The quantitative estimate of drug-likeness (QED) is 0.409. The van der Waals surface area contributed by atoms with Crippen molar-refractivity contribution in [3.8, 4) is 0 Å². The Hall–Kier alpha value is -3.22. The van der Waals surface area contributed by atoms with Gasteiger partial charge in [-0.25, -0.2) is 4.39 Å². The largest absolute Gasteiger partial charge is 0.471 e. The second kappa shape index (κ2) is 9.51. The van der Waals surface area contributed by atoms with Gasteiger partial charge in [-0.3, -0.25) is 19.2 Å². The lowest BCUT2D eigenvalue weighted by Gasteiger charge is -2.33. The molecule has 208 valence electrons. The topological polar surface area (TPSA) is 134 Å². The predicted molar refractivity (Wildman–Crippen MR) is 128 cm³/mol. The molecule has 2 heterocycles. The standard InChI is InChI=1S/C25H31F4N5O4/c1-23(2,3)18(33-22(38)25(27,28)29)19(35)31-16(8-12-4-5-12)20(36)34-11-24(10-17(34)30)14-9-13(26)6-7-15(14)32-21(24)37/h6-7,9,12,16-18H,4-5,8,10-11,30H2,1-3H3,(H,31,35)(H,32,37)(H,33,38)/t16-,17-,18+,24-/m0/s1. The van der Waals surface area contributed by atoms with E-state index in [-0.39, 0.29) is 25.3 Å². The number of halogens is 4. The molecule has 2 fully saturated rings. The van der Waals surface area contributed by atoms with Gasteiger partial charge in [0.05, 0.1) is 11.6 Å². The molecular weight excluding hydrogens is 510 g/mol. The zero-order chi connectivity index (χ0) is 28.2. The summed E-state index contributed by atoms with van der Waals surface area (Å²) in [6.45, 7) is 4.31. The van der Waals surface area contributed by atoms with E-state index in [0.717, 1.165) is 12.8 Å². The highest BCUT2D eigenvalue weighted by Crippen LogP contribution is 2.46. The molecule has 1 aliphatic carbocycles. The molecule has 1 spiro atoms. The number of amides is 4. The number of hydrogen-bond donors (Lipinski definition) is 4. The van der Waals surface area contributed by atoms with E-state index in [0.29, 0.717) is 11.3 Å². The number of benzene rings is 1. The van der Waals surface area contributed by atoms with Crippen molar-refractivity contribution in [2.24, 2.45) is 17.1 Å². The summed E-state index contributed by atoms with van der Waals surface area (Å²) in [6.07, 6.45) is -4.23. The van der Waals surface area contributed by atoms with Crippen molar-refractivity contribution in [3.63, 3.8) is 0 Å². The molecule has 1 aromatic carbocycles. The van der Waals surface area contributed by atoms with Crippen molar-refractivity contribution >= 4 is 29.3 Å². The highest BCUT2D eigenvalue weighted by Gasteiger charge is 2.56. The highest BCUT2D eigenvalue weighted by molar-refractivity contribution is 6.07. The number of alkyl halides is 3. The molecule has 0 unspecified atom stereocenters. The molecule has 38 heavy (non-hydrogen) atoms. The Labute approximate surface area is 216 Å². The minimum atomic E-state index is -5.19. The third-order valence-electron chi connectivity index (χ3n) is 7.40. The summed E-state index contributed by atoms with van der Waals surface area (Å²) >= 11 is 0. The maximum absolute atomic E-state index is 14.0. The molecular formula is C25H31F4N5O4. The van der Waals surface area contributed by atoms with E-state index >= 15 is 0 Å². The number of fused-ring (bicyclic) bond motifs is 2. The van der Waals surface area contributed by atoms with Crippen LogP contribution in [0.2, 0.25) is 0 Å². The van der Waals surface area contributed by atoms with Crippen LogP contribution in [-0.2, 0) is 24.6 Å². The average molecular weight is 542 g/mol. The summed E-state index contributed by atoms with van der Waals surface area (Å²) in [5.41, 5.74) is 4.72. The fourth-order valence-electron chi connectivity index (χ4n) is 5.18. The Morgan fingerprint density at radius 1 is 1.18 bits per heavy atom. The van der Waals surface area contributed by atoms with Crippen molar-refractivity contribution < 1.29 is 36.7 Å². The zero-order valence-electron chi connectivity index (χ0n) is 21.2. The molecule has 0 bridgehead atoms. The van der Waals surface area contributed by atoms with Crippen LogP contribution < -0.4 is 21.7 Å². The molecule has 4 amide bonds. The molecule has 1 saturated carbocycles. The Bertz CT molecular complexity index is 1160. The molecule has 0 radical (unpaired) electrons. The molecule has 9 nitrogen and oxygen atoms in total. The molecule has 2 aliphatic heterocycles. The van der Waals surface area contributed by atoms with E-state index in [1.54, 1.807) is 5.32 Å². The van der Waals surface area contributed by atoms with Crippen molar-refractivity contribution in [1.29, 1.82) is 0 Å². The number of carbonyl (C=O) groups is 4. The van der Waals surface area contributed by atoms with Crippen molar-refractivity contribution in [1.82, 2.24) is 15.5 Å². The first-order chi connectivity index (χ1) is 17.5. The molecule has 3 aliphatic rings. The van der Waals surface area contributed by atoms with Gasteiger partial charge < -0.3 is 26.6 Å². The lowest BCUT2D eigenvalue weighted by atomic mass is 9.80. The predicted octanol–water partition coefficient (Wildman–Crippen LogP) is 1.91. The van der Waals surface area contributed by atoms with E-state index < -0.39 is 64.7 Å². The smallest absolute Gasteiger partial charge is 0.342 e. The van der Waals surface area contributed by atoms with Crippen LogP contribution in [0.5, 0.6) is 0 Å². The van der Waals surface area contributed by atoms with Crippen LogP contribution in [0, 0.1) is 17.2 Å². The Balaban J connectivity index is 1.56. The fraction of sp³-hybridized carbons (Fsp3) is 0.600. The summed E-state index contributed by atoms with van der Waals surface area (Å²) in [6, 6.07) is 1.15. The first-order valence-corrected chi connectivity index (χ1v) is 12.4. The molecule has 4 rings (SSSR count). The van der Waals surface area contributed by atoms with Crippen LogP contribution in [0.3, 0.4) is 0 Å². The minimum absolute atomic E-state index is 0.0252. The van der Waals surface area contributed by atoms with Crippen LogP contribution >= 0.6 is 0 Å². The molecule has 5 N–H and O–H groups in total. The van der Waals surface area contributed by atoms with Gasteiger partial charge in [-0.1, -0.05) is 33.6 Å². The molecule has 1 aromatic rings. The summed E-state index contributed by atoms with van der Waals surface area (Å²) < 4.78 is 52.8. The number of nitrogens with two attached hydrogens (primary N) is 1. The van der Waals surface area contributed by atoms with E-state index in [1.165, 1.54) is 43.9 Å². The Morgan fingerprint density at radius 3 is 2.42 bits per heavy atom. The highest BCUT2D eigenvalue weighted by atomic mass is 19.4. The maximum atomic E-state index is 14.0. The SMILES string of the molecule is CC(C)(C)[C@H](NC(=O)C(F)(F)F)C(=O)N[C@@H](CC1CC1)C(=O)N1C[C@]2(C[C@H]1N)C(=O)Nc1ccc(F)cc12. The van der Waals surface area contributed by atoms with Gasteiger partial charge >= 0.3 is 12.1 Å². The van der Waals surface area contributed by atoms with Crippen LogP contribution in [-0.4, -0.2) is 59.5 Å². The van der Waals surface area contributed by atoms with Gasteiger partial charge in [-0.2, -0.15) is 13.2 Å². The number of nitrogens with one attached hydrogen (secondary N) is 3. The second-order valence-corrected chi connectivity index (χ2v) is 11.5. The van der Waals surface area contributed by atoms with E-state index in [9.17, 15) is 36.7 Å². The van der Waals surface area contributed by atoms with Gasteiger partial charge in [0, 0.05) is 18.7 Å². The Kier molecular flexibility index (Phi) is 6.96. The Morgan fingerprint density at radius 2 is 1.84 bits per heavy atom. The van der Waals surface area contributed by atoms with Gasteiger partial charge in [-0.15, -0.1) is 0 Å².